The molecule has 2 aliphatic carbocycles. The lowest BCUT2D eigenvalue weighted by atomic mass is 9.95. The monoisotopic (exact) mass is 589 g/mol. The van der Waals surface area contributed by atoms with Gasteiger partial charge < -0.3 is 31.3 Å². The summed E-state index contributed by atoms with van der Waals surface area (Å²) < 4.78 is 0. The van der Waals surface area contributed by atoms with E-state index < -0.39 is 18.2 Å². The Morgan fingerprint density at radius 1 is 1.00 bits per heavy atom. The first-order valence-electron chi connectivity index (χ1n) is 16.1. The third-order valence-corrected chi connectivity index (χ3v) is 8.91. The van der Waals surface area contributed by atoms with Gasteiger partial charge in [0.2, 0.25) is 11.8 Å². The van der Waals surface area contributed by atoms with Gasteiger partial charge in [-0.25, -0.2) is 0 Å². The molecule has 1 saturated heterocycles. The molecule has 1 aliphatic heterocycles. The standard InChI is InChI=1S/C34H47N5O4/c1-23(33(42)37-27-11-6-3-7-12-27)35-22-31(40)30(17-24-9-4-2-5-10-24)38-34(43)26-18-28(36-21-25-14-15-25)20-29(19-26)39-16-8-13-32(39)41/h2,4-5,9-10,18-20,23,25,27,30-31,35-36,40H,3,6-8,11-17,21-22H2,1H3,(H,37,42)(H,38,43)/t23-,30-,31+/m0/s1. The number of aliphatic hydroxyl groups excluding tert-OH is 1. The maximum Gasteiger partial charge on any atom is 0.251 e. The molecule has 3 aliphatic rings. The van der Waals surface area contributed by atoms with Crippen LogP contribution in [0.3, 0.4) is 0 Å². The molecule has 0 spiro atoms. The highest BCUT2D eigenvalue weighted by atomic mass is 16.3. The summed E-state index contributed by atoms with van der Waals surface area (Å²) in [6.07, 6.45) is 8.74. The Hall–Kier alpha value is -3.43. The third-order valence-electron chi connectivity index (χ3n) is 8.91. The normalized spacial score (nSPS) is 19.5. The quantitative estimate of drug-likeness (QED) is 0.229. The average Bonchev–Trinajstić information content (AvgIpc) is 3.76. The molecular weight excluding hydrogens is 542 g/mol. The van der Waals surface area contributed by atoms with Crippen LogP contribution in [0.4, 0.5) is 11.4 Å². The molecule has 3 amide bonds. The number of rotatable bonds is 14. The molecule has 0 radical (unpaired) electrons. The van der Waals surface area contributed by atoms with Gasteiger partial charge in [-0.05, 0) is 75.1 Å². The third kappa shape index (κ3) is 9.03. The Morgan fingerprint density at radius 3 is 2.47 bits per heavy atom. The van der Waals surface area contributed by atoms with Crippen molar-refractivity contribution in [3.8, 4) is 0 Å². The molecule has 3 atom stereocenters. The largest absolute Gasteiger partial charge is 0.390 e. The van der Waals surface area contributed by atoms with Crippen molar-refractivity contribution in [2.24, 2.45) is 5.92 Å². The second kappa shape index (κ2) is 14.8. The molecule has 0 unspecified atom stereocenters. The van der Waals surface area contributed by atoms with Gasteiger partial charge in [-0.1, -0.05) is 49.6 Å². The van der Waals surface area contributed by atoms with Crippen LogP contribution < -0.4 is 26.2 Å². The van der Waals surface area contributed by atoms with Crippen molar-refractivity contribution in [1.29, 1.82) is 0 Å². The number of aliphatic hydroxyl groups is 1. The summed E-state index contributed by atoms with van der Waals surface area (Å²) >= 11 is 0. The Labute approximate surface area is 255 Å². The Bertz CT molecular complexity index is 1240. The summed E-state index contributed by atoms with van der Waals surface area (Å²) in [4.78, 5) is 40.8. The number of carbonyl (C=O) groups is 3. The first kappa shape index (κ1) is 31.0. The van der Waals surface area contributed by atoms with Gasteiger partial charge in [0, 0.05) is 49.0 Å². The molecule has 2 saturated carbocycles. The van der Waals surface area contributed by atoms with Crippen molar-refractivity contribution < 1.29 is 19.5 Å². The van der Waals surface area contributed by atoms with Crippen LogP contribution in [0.1, 0.15) is 80.6 Å². The van der Waals surface area contributed by atoms with Crippen LogP contribution in [0.2, 0.25) is 0 Å². The molecule has 232 valence electrons. The first-order valence-corrected chi connectivity index (χ1v) is 16.1. The number of anilines is 2. The summed E-state index contributed by atoms with van der Waals surface area (Å²) in [7, 11) is 0. The average molecular weight is 590 g/mol. The van der Waals surface area contributed by atoms with Gasteiger partial charge in [-0.15, -0.1) is 0 Å². The Kier molecular flexibility index (Phi) is 10.7. The highest BCUT2D eigenvalue weighted by Gasteiger charge is 2.28. The van der Waals surface area contributed by atoms with E-state index in [9.17, 15) is 19.5 Å². The smallest absolute Gasteiger partial charge is 0.251 e. The van der Waals surface area contributed by atoms with E-state index in [4.69, 9.17) is 0 Å². The van der Waals surface area contributed by atoms with Gasteiger partial charge in [0.1, 0.15) is 0 Å². The number of amides is 3. The zero-order valence-corrected chi connectivity index (χ0v) is 25.3. The van der Waals surface area contributed by atoms with E-state index in [1.54, 1.807) is 17.9 Å². The predicted octanol–water partition coefficient (Wildman–Crippen LogP) is 3.76. The van der Waals surface area contributed by atoms with Crippen molar-refractivity contribution >= 4 is 29.1 Å². The summed E-state index contributed by atoms with van der Waals surface area (Å²) in [5.74, 6) is 0.337. The number of nitrogens with one attached hydrogen (secondary N) is 4. The fourth-order valence-electron chi connectivity index (χ4n) is 6.01. The van der Waals surface area contributed by atoms with E-state index in [0.717, 1.165) is 49.9 Å². The van der Waals surface area contributed by atoms with Crippen LogP contribution in [-0.4, -0.2) is 66.7 Å². The van der Waals surface area contributed by atoms with Gasteiger partial charge in [-0.3, -0.25) is 14.4 Å². The molecule has 3 fully saturated rings. The lowest BCUT2D eigenvalue weighted by Crippen LogP contribution is -2.53. The van der Waals surface area contributed by atoms with Crippen LogP contribution in [0, 0.1) is 5.92 Å². The Morgan fingerprint density at radius 2 is 1.77 bits per heavy atom. The minimum absolute atomic E-state index is 0.0656. The van der Waals surface area contributed by atoms with Crippen LogP contribution in [0.5, 0.6) is 0 Å². The number of benzene rings is 2. The van der Waals surface area contributed by atoms with Gasteiger partial charge in [0.05, 0.1) is 18.2 Å². The number of nitrogens with zero attached hydrogens (tertiary/aromatic N) is 1. The molecule has 1 heterocycles. The SMILES string of the molecule is C[C@H](NC[C@@H](O)[C@H](Cc1ccccc1)NC(=O)c1cc(NCC2CC2)cc(N2CCCC2=O)c1)C(=O)NC1CCCCC1. The second-order valence-electron chi connectivity index (χ2n) is 12.6. The topological polar surface area (TPSA) is 123 Å². The lowest BCUT2D eigenvalue weighted by Gasteiger charge is -2.28. The maximum atomic E-state index is 13.7. The second-order valence-corrected chi connectivity index (χ2v) is 12.6. The van der Waals surface area contributed by atoms with Crippen LogP contribution in [-0.2, 0) is 16.0 Å². The summed E-state index contributed by atoms with van der Waals surface area (Å²) in [5.41, 5.74) is 2.95. The highest BCUT2D eigenvalue weighted by molar-refractivity contribution is 6.00. The first-order chi connectivity index (χ1) is 20.9. The molecule has 0 aromatic heterocycles. The van der Waals surface area contributed by atoms with Crippen molar-refractivity contribution in [2.45, 2.75) is 95.4 Å². The number of hydrogen-bond donors (Lipinski definition) is 5. The lowest BCUT2D eigenvalue weighted by molar-refractivity contribution is -0.123. The fourth-order valence-corrected chi connectivity index (χ4v) is 6.01. The minimum atomic E-state index is -0.940. The van der Waals surface area contributed by atoms with E-state index in [-0.39, 0.29) is 30.3 Å². The highest BCUT2D eigenvalue weighted by Crippen LogP contribution is 2.31. The van der Waals surface area contributed by atoms with Crippen LogP contribution in [0.25, 0.3) is 0 Å². The van der Waals surface area contributed by atoms with E-state index in [1.165, 1.54) is 19.3 Å². The zero-order valence-electron chi connectivity index (χ0n) is 25.3. The molecule has 0 bridgehead atoms. The molecule has 2 aromatic rings. The van der Waals surface area contributed by atoms with Crippen molar-refractivity contribution in [1.82, 2.24) is 16.0 Å². The van der Waals surface area contributed by atoms with Crippen molar-refractivity contribution in [2.75, 3.05) is 29.9 Å². The number of hydrogen-bond acceptors (Lipinski definition) is 6. The predicted molar refractivity (Wildman–Crippen MR) is 169 cm³/mol. The molecule has 2 aromatic carbocycles. The van der Waals surface area contributed by atoms with E-state index in [1.807, 2.05) is 42.5 Å². The molecule has 9 nitrogen and oxygen atoms in total. The van der Waals surface area contributed by atoms with Crippen molar-refractivity contribution in [3.05, 3.63) is 59.7 Å². The van der Waals surface area contributed by atoms with Crippen LogP contribution >= 0.6 is 0 Å². The van der Waals surface area contributed by atoms with E-state index in [0.29, 0.717) is 36.6 Å². The maximum absolute atomic E-state index is 13.7. The molecule has 5 N–H and O–H groups in total. The molecule has 5 rings (SSSR count). The number of carbonyl (C=O) groups excluding carboxylic acids is 3. The fraction of sp³-hybridized carbons (Fsp3) is 0.559. The molecule has 43 heavy (non-hydrogen) atoms. The van der Waals surface area contributed by atoms with Crippen molar-refractivity contribution in [3.63, 3.8) is 0 Å². The summed E-state index contributed by atoms with van der Waals surface area (Å²) in [6, 6.07) is 14.4. The van der Waals surface area contributed by atoms with Gasteiger partial charge in [-0.2, -0.15) is 0 Å². The zero-order chi connectivity index (χ0) is 30.2. The minimum Gasteiger partial charge on any atom is -0.390 e. The van der Waals surface area contributed by atoms with E-state index in [2.05, 4.69) is 21.3 Å². The van der Waals surface area contributed by atoms with Gasteiger partial charge in [0.25, 0.3) is 5.91 Å². The van der Waals surface area contributed by atoms with E-state index >= 15 is 0 Å². The summed E-state index contributed by atoms with van der Waals surface area (Å²) in [6.45, 7) is 3.43. The summed E-state index contributed by atoms with van der Waals surface area (Å²) in [5, 5.41) is 24.2. The molecule has 9 heteroatoms. The Balaban J connectivity index is 1.27. The van der Waals surface area contributed by atoms with Gasteiger partial charge >= 0.3 is 0 Å². The van der Waals surface area contributed by atoms with Crippen LogP contribution in [0.15, 0.2) is 48.5 Å². The molecular formula is C34H47N5O4. The van der Waals surface area contributed by atoms with Gasteiger partial charge in [0.15, 0.2) is 0 Å².